The number of imidazole rings is 1. The van der Waals surface area contributed by atoms with Gasteiger partial charge in [0.1, 0.15) is 11.6 Å². The molecule has 3 aliphatic carbocycles. The highest BCUT2D eigenvalue weighted by molar-refractivity contribution is 5.44. The smallest absolute Gasteiger partial charge is 0.127 e. The first kappa shape index (κ1) is 8.20. The van der Waals surface area contributed by atoms with Crippen molar-refractivity contribution in [2.45, 2.75) is 56.4 Å². The summed E-state index contributed by atoms with van der Waals surface area (Å²) in [5, 5.41) is 0. The molecule has 1 aromatic heterocycles. The molecule has 15 heavy (non-hydrogen) atoms. The summed E-state index contributed by atoms with van der Waals surface area (Å²) >= 11 is 0. The average molecular weight is 203 g/mol. The number of rotatable bonds is 3. The Balaban J connectivity index is 1.83. The van der Waals surface area contributed by atoms with E-state index in [9.17, 15) is 0 Å². The molecule has 1 heterocycles. The fourth-order valence-electron chi connectivity index (χ4n) is 2.48. The van der Waals surface area contributed by atoms with Gasteiger partial charge in [-0.2, -0.15) is 0 Å². The van der Waals surface area contributed by atoms with Crippen LogP contribution in [-0.2, 0) is 0 Å². The van der Waals surface area contributed by atoms with E-state index in [4.69, 9.17) is 10.7 Å². The van der Waals surface area contributed by atoms with Crippen molar-refractivity contribution >= 4 is 5.82 Å². The van der Waals surface area contributed by atoms with Crippen molar-refractivity contribution in [2.24, 2.45) is 0 Å². The monoisotopic (exact) mass is 203 g/mol. The van der Waals surface area contributed by atoms with Gasteiger partial charge in [-0.1, -0.05) is 0 Å². The first-order valence-electron chi connectivity index (χ1n) is 6.22. The number of anilines is 1. The van der Waals surface area contributed by atoms with Gasteiger partial charge >= 0.3 is 0 Å². The van der Waals surface area contributed by atoms with Crippen LogP contribution in [0.5, 0.6) is 0 Å². The highest BCUT2D eigenvalue weighted by Crippen LogP contribution is 2.50. The third kappa shape index (κ3) is 1.22. The van der Waals surface area contributed by atoms with Crippen LogP contribution in [0.3, 0.4) is 0 Å². The van der Waals surface area contributed by atoms with E-state index in [2.05, 4.69) is 4.57 Å². The van der Waals surface area contributed by atoms with Gasteiger partial charge in [-0.25, -0.2) is 4.98 Å². The Hall–Kier alpha value is -0.990. The van der Waals surface area contributed by atoms with E-state index in [1.54, 1.807) is 0 Å². The van der Waals surface area contributed by atoms with Crippen molar-refractivity contribution in [3.05, 3.63) is 11.5 Å². The molecule has 80 valence electrons. The Kier molecular flexibility index (Phi) is 1.41. The van der Waals surface area contributed by atoms with Crippen LogP contribution in [-0.4, -0.2) is 9.55 Å². The van der Waals surface area contributed by atoms with Gasteiger partial charge in [0.05, 0.1) is 5.69 Å². The molecule has 0 radical (unpaired) electrons. The Morgan fingerprint density at radius 1 is 1.00 bits per heavy atom. The Labute approximate surface area is 89.7 Å². The molecule has 3 heteroatoms. The maximum atomic E-state index is 6.25. The molecule has 0 aromatic carbocycles. The van der Waals surface area contributed by atoms with Crippen molar-refractivity contribution < 1.29 is 0 Å². The minimum Gasteiger partial charge on any atom is -0.384 e. The zero-order valence-corrected chi connectivity index (χ0v) is 8.95. The fraction of sp³-hybridized carbons (Fsp3) is 0.750. The number of hydrogen-bond donors (Lipinski definition) is 1. The molecule has 3 aliphatic rings. The van der Waals surface area contributed by atoms with Crippen molar-refractivity contribution in [1.82, 2.24) is 9.55 Å². The first-order valence-corrected chi connectivity index (χ1v) is 6.22. The van der Waals surface area contributed by atoms with Gasteiger partial charge < -0.3 is 10.3 Å². The molecule has 0 atom stereocenters. The molecule has 0 amide bonds. The summed E-state index contributed by atoms with van der Waals surface area (Å²) in [5.74, 6) is 3.75. The summed E-state index contributed by atoms with van der Waals surface area (Å²) in [7, 11) is 0. The van der Waals surface area contributed by atoms with Crippen LogP contribution < -0.4 is 5.73 Å². The van der Waals surface area contributed by atoms with Gasteiger partial charge in [0.2, 0.25) is 0 Å². The van der Waals surface area contributed by atoms with Crippen LogP contribution in [0.1, 0.15) is 67.9 Å². The second-order valence-electron chi connectivity index (χ2n) is 5.39. The third-order valence-electron chi connectivity index (χ3n) is 3.82. The molecule has 4 rings (SSSR count). The Morgan fingerprint density at radius 3 is 2.20 bits per heavy atom. The van der Waals surface area contributed by atoms with Crippen LogP contribution in [0.4, 0.5) is 5.82 Å². The van der Waals surface area contributed by atoms with Crippen molar-refractivity contribution in [1.29, 1.82) is 0 Å². The summed E-state index contributed by atoms with van der Waals surface area (Å²) in [6, 6.07) is 0.695. The lowest BCUT2D eigenvalue weighted by Crippen LogP contribution is -2.04. The number of nitrogens with zero attached hydrogens (tertiary/aromatic N) is 2. The van der Waals surface area contributed by atoms with Crippen molar-refractivity contribution in [3.8, 4) is 0 Å². The molecule has 3 nitrogen and oxygen atoms in total. The third-order valence-corrected chi connectivity index (χ3v) is 3.82. The normalized spacial score (nSPS) is 25.9. The number of aromatic nitrogens is 2. The van der Waals surface area contributed by atoms with Crippen LogP contribution in [0, 0.1) is 0 Å². The summed E-state index contributed by atoms with van der Waals surface area (Å²) in [5.41, 5.74) is 7.48. The Bertz CT molecular complexity index is 409. The van der Waals surface area contributed by atoms with Crippen LogP contribution >= 0.6 is 0 Å². The lowest BCUT2D eigenvalue weighted by Gasteiger charge is -2.06. The number of hydrogen-bond acceptors (Lipinski definition) is 2. The zero-order chi connectivity index (χ0) is 9.99. The number of nitrogens with two attached hydrogens (primary N) is 1. The minimum absolute atomic E-state index is 0.695. The van der Waals surface area contributed by atoms with E-state index >= 15 is 0 Å². The molecule has 3 fully saturated rings. The van der Waals surface area contributed by atoms with E-state index in [0.717, 1.165) is 11.7 Å². The predicted molar refractivity (Wildman–Crippen MR) is 58.9 cm³/mol. The zero-order valence-electron chi connectivity index (χ0n) is 8.95. The van der Waals surface area contributed by atoms with E-state index in [1.807, 2.05) is 0 Å². The highest BCUT2D eigenvalue weighted by Gasteiger charge is 2.39. The van der Waals surface area contributed by atoms with Gasteiger partial charge in [-0.05, 0) is 38.5 Å². The molecule has 0 aliphatic heterocycles. The minimum atomic E-state index is 0.695. The largest absolute Gasteiger partial charge is 0.384 e. The SMILES string of the molecule is Nc1c(C2CC2)nc(C2CC2)n1C1CC1. The molecule has 3 saturated carbocycles. The highest BCUT2D eigenvalue weighted by atomic mass is 15.2. The van der Waals surface area contributed by atoms with E-state index in [0.29, 0.717) is 12.0 Å². The summed E-state index contributed by atoms with van der Waals surface area (Å²) in [4.78, 5) is 4.83. The van der Waals surface area contributed by atoms with Crippen molar-refractivity contribution in [2.75, 3.05) is 5.73 Å². The van der Waals surface area contributed by atoms with Gasteiger partial charge in [-0.3, -0.25) is 0 Å². The maximum absolute atomic E-state index is 6.25. The lowest BCUT2D eigenvalue weighted by molar-refractivity contribution is 0.691. The Morgan fingerprint density at radius 2 is 1.67 bits per heavy atom. The van der Waals surface area contributed by atoms with E-state index in [-0.39, 0.29) is 0 Å². The standard InChI is InChI=1S/C12H17N3/c13-11-10(7-1-2-7)14-12(8-3-4-8)15(11)9-5-6-9/h7-9H,1-6,13H2. The van der Waals surface area contributed by atoms with Gasteiger partial charge in [0, 0.05) is 17.9 Å². The molecule has 0 unspecified atom stereocenters. The second-order valence-corrected chi connectivity index (χ2v) is 5.39. The van der Waals surface area contributed by atoms with E-state index < -0.39 is 0 Å². The summed E-state index contributed by atoms with van der Waals surface area (Å²) in [6.45, 7) is 0. The molecular weight excluding hydrogens is 186 g/mol. The average Bonchev–Trinajstić information content (AvgIpc) is 3.12. The maximum Gasteiger partial charge on any atom is 0.127 e. The molecule has 1 aromatic rings. The molecular formula is C12H17N3. The van der Waals surface area contributed by atoms with Gasteiger partial charge in [-0.15, -0.1) is 0 Å². The van der Waals surface area contributed by atoms with Gasteiger partial charge in [0.25, 0.3) is 0 Å². The molecule has 0 spiro atoms. The second kappa shape index (κ2) is 2.57. The summed E-state index contributed by atoms with van der Waals surface area (Å²) in [6.07, 6.45) is 7.88. The quantitative estimate of drug-likeness (QED) is 0.820. The summed E-state index contributed by atoms with van der Waals surface area (Å²) < 4.78 is 2.37. The fourth-order valence-corrected chi connectivity index (χ4v) is 2.48. The number of nitrogen functional groups attached to an aromatic ring is 1. The lowest BCUT2D eigenvalue weighted by atomic mass is 10.3. The molecule has 0 bridgehead atoms. The molecule has 0 saturated heterocycles. The molecule has 2 N–H and O–H groups in total. The van der Waals surface area contributed by atoms with E-state index in [1.165, 1.54) is 50.0 Å². The predicted octanol–water partition coefficient (Wildman–Crippen LogP) is 2.56. The van der Waals surface area contributed by atoms with Crippen LogP contribution in [0.25, 0.3) is 0 Å². The van der Waals surface area contributed by atoms with Crippen LogP contribution in [0.15, 0.2) is 0 Å². The van der Waals surface area contributed by atoms with Gasteiger partial charge in [0.15, 0.2) is 0 Å². The van der Waals surface area contributed by atoms with Crippen molar-refractivity contribution in [3.63, 3.8) is 0 Å². The topological polar surface area (TPSA) is 43.8 Å². The van der Waals surface area contributed by atoms with Crippen LogP contribution in [0.2, 0.25) is 0 Å². The first-order chi connectivity index (χ1) is 7.34.